The van der Waals surface area contributed by atoms with E-state index in [1.807, 2.05) is 20.8 Å². The molecule has 0 saturated carbocycles. The quantitative estimate of drug-likeness (QED) is 0.843. The summed E-state index contributed by atoms with van der Waals surface area (Å²) in [6.45, 7) is 6.03. The smallest absolute Gasteiger partial charge is 0.311 e. The number of rotatable bonds is 2. The average Bonchev–Trinajstić information content (AvgIpc) is 2.58. The second-order valence-electron chi connectivity index (χ2n) is 4.15. The van der Waals surface area contributed by atoms with E-state index in [-0.39, 0.29) is 6.42 Å². The number of hydrogen-bond donors (Lipinski definition) is 1. The molecule has 0 aliphatic heterocycles. The van der Waals surface area contributed by atoms with E-state index in [0.717, 1.165) is 27.5 Å². The fraction of sp³-hybridized carbons (Fsp3) is 0.308. The van der Waals surface area contributed by atoms with Gasteiger partial charge >= 0.3 is 5.97 Å². The Morgan fingerprint density at radius 2 is 2.00 bits per heavy atom. The van der Waals surface area contributed by atoms with E-state index in [0.29, 0.717) is 5.76 Å². The molecular weight excluding hydrogens is 204 g/mol. The number of carboxylic acid groups (broad SMARTS) is 1. The topological polar surface area (TPSA) is 50.4 Å². The highest BCUT2D eigenvalue weighted by Gasteiger charge is 2.14. The van der Waals surface area contributed by atoms with Crippen LogP contribution in [-0.4, -0.2) is 11.1 Å². The molecule has 0 aliphatic carbocycles. The van der Waals surface area contributed by atoms with Gasteiger partial charge in [0.2, 0.25) is 0 Å². The molecule has 1 N–H and O–H groups in total. The third kappa shape index (κ3) is 1.58. The van der Waals surface area contributed by atoms with E-state index in [4.69, 9.17) is 9.52 Å². The average molecular weight is 218 g/mol. The van der Waals surface area contributed by atoms with Crippen LogP contribution in [0.1, 0.15) is 22.5 Å². The molecule has 0 spiro atoms. The van der Waals surface area contributed by atoms with Gasteiger partial charge in [0.15, 0.2) is 0 Å². The predicted molar refractivity (Wildman–Crippen MR) is 61.8 cm³/mol. The van der Waals surface area contributed by atoms with Crippen LogP contribution in [0.2, 0.25) is 0 Å². The minimum Gasteiger partial charge on any atom is -0.481 e. The molecule has 0 unspecified atom stereocenters. The standard InChI is InChI=1S/C13H14O3/c1-7-4-8(2)10-6-16-11(5-12(14)15)13(10)9(7)3/h4,6H,5H2,1-3H3,(H,14,15). The summed E-state index contributed by atoms with van der Waals surface area (Å²) in [4.78, 5) is 10.7. The van der Waals surface area contributed by atoms with Crippen molar-refractivity contribution in [3.63, 3.8) is 0 Å². The number of fused-ring (bicyclic) bond motifs is 1. The van der Waals surface area contributed by atoms with Gasteiger partial charge in [-0.15, -0.1) is 0 Å². The molecule has 1 heterocycles. The molecular formula is C13H14O3. The van der Waals surface area contributed by atoms with E-state index in [1.165, 1.54) is 0 Å². The maximum atomic E-state index is 10.7. The Labute approximate surface area is 93.7 Å². The second-order valence-corrected chi connectivity index (χ2v) is 4.15. The first kappa shape index (κ1) is 10.7. The van der Waals surface area contributed by atoms with Gasteiger partial charge in [0.25, 0.3) is 0 Å². The summed E-state index contributed by atoms with van der Waals surface area (Å²) in [6.07, 6.45) is 1.59. The number of carboxylic acids is 1. The molecule has 2 rings (SSSR count). The second kappa shape index (κ2) is 3.67. The normalized spacial score (nSPS) is 10.9. The molecule has 3 nitrogen and oxygen atoms in total. The summed E-state index contributed by atoms with van der Waals surface area (Å²) in [5.74, 6) is -0.318. The number of benzene rings is 1. The summed E-state index contributed by atoms with van der Waals surface area (Å²) >= 11 is 0. The van der Waals surface area contributed by atoms with E-state index in [9.17, 15) is 4.79 Å². The molecule has 84 valence electrons. The number of hydrogen-bond acceptors (Lipinski definition) is 2. The Morgan fingerprint density at radius 3 is 2.62 bits per heavy atom. The van der Waals surface area contributed by atoms with Crippen LogP contribution >= 0.6 is 0 Å². The highest BCUT2D eigenvalue weighted by molar-refractivity contribution is 5.92. The maximum absolute atomic E-state index is 10.7. The molecule has 3 heteroatoms. The summed E-state index contributed by atoms with van der Waals surface area (Å²) in [5.41, 5.74) is 3.39. The Kier molecular flexibility index (Phi) is 2.46. The zero-order valence-electron chi connectivity index (χ0n) is 9.63. The third-order valence-electron chi connectivity index (χ3n) is 3.00. The lowest BCUT2D eigenvalue weighted by molar-refractivity contribution is -0.136. The van der Waals surface area contributed by atoms with Crippen molar-refractivity contribution in [3.8, 4) is 0 Å². The summed E-state index contributed by atoms with van der Waals surface area (Å²) < 4.78 is 5.36. The van der Waals surface area contributed by atoms with Crippen molar-refractivity contribution in [2.45, 2.75) is 27.2 Å². The molecule has 0 bridgehead atoms. The van der Waals surface area contributed by atoms with Crippen LogP contribution < -0.4 is 0 Å². The van der Waals surface area contributed by atoms with E-state index in [1.54, 1.807) is 6.26 Å². The van der Waals surface area contributed by atoms with Gasteiger partial charge in [-0.25, -0.2) is 0 Å². The Hall–Kier alpha value is -1.77. The number of furan rings is 1. The fourth-order valence-electron chi connectivity index (χ4n) is 2.07. The van der Waals surface area contributed by atoms with Crippen LogP contribution in [0.25, 0.3) is 10.8 Å². The molecule has 0 saturated heterocycles. The van der Waals surface area contributed by atoms with Crippen LogP contribution in [0.5, 0.6) is 0 Å². The fourth-order valence-corrected chi connectivity index (χ4v) is 2.07. The maximum Gasteiger partial charge on any atom is 0.311 e. The van der Waals surface area contributed by atoms with Crippen molar-refractivity contribution in [3.05, 3.63) is 34.8 Å². The molecule has 1 aromatic heterocycles. The zero-order chi connectivity index (χ0) is 11.9. The molecule has 16 heavy (non-hydrogen) atoms. The van der Waals surface area contributed by atoms with Gasteiger partial charge in [-0.2, -0.15) is 0 Å². The van der Waals surface area contributed by atoms with Crippen LogP contribution in [-0.2, 0) is 11.2 Å². The zero-order valence-corrected chi connectivity index (χ0v) is 9.63. The van der Waals surface area contributed by atoms with Gasteiger partial charge in [0.1, 0.15) is 12.2 Å². The lowest BCUT2D eigenvalue weighted by Gasteiger charge is -2.05. The largest absolute Gasteiger partial charge is 0.481 e. The Morgan fingerprint density at radius 1 is 1.31 bits per heavy atom. The van der Waals surface area contributed by atoms with Crippen LogP contribution in [0.3, 0.4) is 0 Å². The van der Waals surface area contributed by atoms with Crippen molar-refractivity contribution in [2.24, 2.45) is 0 Å². The number of aryl methyl sites for hydroxylation is 3. The molecule has 0 fully saturated rings. The Bertz CT molecular complexity index is 564. The molecule has 0 amide bonds. The summed E-state index contributed by atoms with van der Waals surface area (Å²) in [5, 5.41) is 10.8. The summed E-state index contributed by atoms with van der Waals surface area (Å²) in [7, 11) is 0. The highest BCUT2D eigenvalue weighted by atomic mass is 16.4. The third-order valence-corrected chi connectivity index (χ3v) is 3.00. The van der Waals surface area contributed by atoms with Crippen molar-refractivity contribution in [2.75, 3.05) is 0 Å². The van der Waals surface area contributed by atoms with Crippen molar-refractivity contribution >= 4 is 16.7 Å². The van der Waals surface area contributed by atoms with Crippen LogP contribution in [0, 0.1) is 20.8 Å². The van der Waals surface area contributed by atoms with Crippen molar-refractivity contribution in [1.82, 2.24) is 0 Å². The monoisotopic (exact) mass is 218 g/mol. The van der Waals surface area contributed by atoms with E-state index < -0.39 is 5.97 Å². The van der Waals surface area contributed by atoms with Gasteiger partial charge in [0.05, 0.1) is 6.26 Å². The van der Waals surface area contributed by atoms with Gasteiger partial charge in [-0.3, -0.25) is 4.79 Å². The van der Waals surface area contributed by atoms with Crippen LogP contribution in [0.4, 0.5) is 0 Å². The molecule has 0 aliphatic rings. The first-order valence-electron chi connectivity index (χ1n) is 5.19. The van der Waals surface area contributed by atoms with Gasteiger partial charge in [-0.05, 0) is 37.5 Å². The van der Waals surface area contributed by atoms with E-state index >= 15 is 0 Å². The SMILES string of the molecule is Cc1cc(C)c2coc(CC(=O)O)c2c1C. The molecule has 2 aromatic rings. The predicted octanol–water partition coefficient (Wildman–Crippen LogP) is 2.99. The lowest BCUT2D eigenvalue weighted by Crippen LogP contribution is -1.99. The minimum atomic E-state index is -0.866. The van der Waals surface area contributed by atoms with Gasteiger partial charge in [-0.1, -0.05) is 6.07 Å². The first-order valence-corrected chi connectivity index (χ1v) is 5.19. The van der Waals surface area contributed by atoms with Gasteiger partial charge in [0, 0.05) is 10.8 Å². The van der Waals surface area contributed by atoms with Crippen molar-refractivity contribution < 1.29 is 14.3 Å². The summed E-state index contributed by atoms with van der Waals surface area (Å²) in [6, 6.07) is 2.09. The first-order chi connectivity index (χ1) is 7.50. The highest BCUT2D eigenvalue weighted by Crippen LogP contribution is 2.30. The van der Waals surface area contributed by atoms with Gasteiger partial charge < -0.3 is 9.52 Å². The van der Waals surface area contributed by atoms with Crippen molar-refractivity contribution in [1.29, 1.82) is 0 Å². The molecule has 0 atom stereocenters. The number of carbonyl (C=O) groups is 1. The lowest BCUT2D eigenvalue weighted by atomic mass is 9.98. The molecule has 0 radical (unpaired) electrons. The minimum absolute atomic E-state index is 0.0623. The van der Waals surface area contributed by atoms with Crippen LogP contribution in [0.15, 0.2) is 16.7 Å². The molecule has 1 aromatic carbocycles. The Balaban J connectivity index is 2.74. The number of aliphatic carboxylic acids is 1. The van der Waals surface area contributed by atoms with E-state index in [2.05, 4.69) is 6.07 Å².